The molecule has 3 rings (SSSR count). The molecule has 120 valence electrons. The van der Waals surface area contributed by atoms with Crippen LogP contribution in [0.3, 0.4) is 0 Å². The quantitative estimate of drug-likeness (QED) is 0.523. The smallest absolute Gasteiger partial charge is 0.282 e. The van der Waals surface area contributed by atoms with Crippen LogP contribution >= 0.6 is 0 Å². The van der Waals surface area contributed by atoms with Crippen molar-refractivity contribution in [2.45, 2.75) is 0 Å². The van der Waals surface area contributed by atoms with Crippen molar-refractivity contribution in [2.75, 3.05) is 11.6 Å². The van der Waals surface area contributed by atoms with Gasteiger partial charge in [-0.1, -0.05) is 49.1 Å². The van der Waals surface area contributed by atoms with E-state index in [0.29, 0.717) is 23.6 Å². The molecule has 1 N–H and O–H groups in total. The number of nitrogens with one attached hydrogen (secondary N) is 1. The first-order chi connectivity index (χ1) is 11.7. The van der Waals surface area contributed by atoms with Crippen LogP contribution in [0.2, 0.25) is 0 Å². The average molecular weight is 320 g/mol. The van der Waals surface area contributed by atoms with Crippen LogP contribution in [-0.4, -0.2) is 18.4 Å². The highest BCUT2D eigenvalue weighted by atomic mass is 16.5. The molecule has 0 radical (unpaired) electrons. The minimum absolute atomic E-state index is 0.0634. The lowest BCUT2D eigenvalue weighted by molar-refractivity contribution is -0.117. The Morgan fingerprint density at radius 3 is 2.50 bits per heavy atom. The number of para-hydroxylation sites is 2. The summed E-state index contributed by atoms with van der Waals surface area (Å²) in [4.78, 5) is 24.8. The fourth-order valence-corrected chi connectivity index (χ4v) is 2.35. The van der Waals surface area contributed by atoms with E-state index in [-0.39, 0.29) is 5.57 Å². The van der Waals surface area contributed by atoms with E-state index in [1.165, 1.54) is 5.01 Å². The van der Waals surface area contributed by atoms with Crippen LogP contribution in [0.5, 0.6) is 5.75 Å². The fourth-order valence-electron chi connectivity index (χ4n) is 2.35. The van der Waals surface area contributed by atoms with Crippen LogP contribution in [0.1, 0.15) is 5.56 Å². The first-order valence-corrected chi connectivity index (χ1v) is 7.45. The van der Waals surface area contributed by atoms with Crippen LogP contribution in [0.15, 0.2) is 72.8 Å². The zero-order valence-electron chi connectivity index (χ0n) is 12.9. The van der Waals surface area contributed by atoms with Crippen LogP contribution in [0.25, 0.3) is 6.08 Å². The summed E-state index contributed by atoms with van der Waals surface area (Å²) in [6.07, 6.45) is 3.17. The van der Waals surface area contributed by atoms with Crippen molar-refractivity contribution in [3.63, 3.8) is 0 Å². The van der Waals surface area contributed by atoms with Crippen LogP contribution in [0, 0.1) is 0 Å². The lowest BCUT2D eigenvalue weighted by atomic mass is 10.1. The van der Waals surface area contributed by atoms with Gasteiger partial charge in [-0.2, -0.15) is 0 Å². The molecular weight excluding hydrogens is 304 g/mol. The predicted octanol–water partition coefficient (Wildman–Crippen LogP) is 2.71. The molecule has 0 saturated carbocycles. The van der Waals surface area contributed by atoms with Crippen molar-refractivity contribution in [3.05, 3.63) is 78.4 Å². The molecule has 0 aliphatic carbocycles. The maximum absolute atomic E-state index is 12.6. The summed E-state index contributed by atoms with van der Waals surface area (Å²) in [7, 11) is 0. The molecule has 0 spiro atoms. The second-order valence-corrected chi connectivity index (χ2v) is 5.11. The maximum atomic E-state index is 12.6. The normalized spacial score (nSPS) is 15.5. The SMILES string of the molecule is C=CCOc1ccccc1/C=C1/C(=O)NN(c2ccccc2)C1=O. The van der Waals surface area contributed by atoms with Crippen molar-refractivity contribution in [3.8, 4) is 5.75 Å². The van der Waals surface area contributed by atoms with Gasteiger partial charge >= 0.3 is 0 Å². The van der Waals surface area contributed by atoms with E-state index in [2.05, 4.69) is 12.0 Å². The van der Waals surface area contributed by atoms with Crippen molar-refractivity contribution in [1.82, 2.24) is 5.43 Å². The largest absolute Gasteiger partial charge is 0.489 e. The second kappa shape index (κ2) is 6.83. The Balaban J connectivity index is 1.92. The average Bonchev–Trinajstić information content (AvgIpc) is 2.90. The van der Waals surface area contributed by atoms with Gasteiger partial charge in [-0.3, -0.25) is 15.0 Å². The topological polar surface area (TPSA) is 58.6 Å². The van der Waals surface area contributed by atoms with Gasteiger partial charge in [-0.15, -0.1) is 0 Å². The summed E-state index contributed by atoms with van der Waals surface area (Å²) in [5, 5.41) is 1.24. The summed E-state index contributed by atoms with van der Waals surface area (Å²) in [6.45, 7) is 3.95. The molecule has 0 aromatic heterocycles. The van der Waals surface area contributed by atoms with Gasteiger partial charge in [-0.05, 0) is 24.3 Å². The van der Waals surface area contributed by atoms with E-state index >= 15 is 0 Å². The van der Waals surface area contributed by atoms with Gasteiger partial charge in [0.2, 0.25) is 0 Å². The number of hydrogen-bond donors (Lipinski definition) is 1. The van der Waals surface area contributed by atoms with Crippen molar-refractivity contribution >= 4 is 23.6 Å². The van der Waals surface area contributed by atoms with Crippen LogP contribution < -0.4 is 15.2 Å². The minimum atomic E-state index is -0.442. The molecule has 0 atom stereocenters. The molecule has 0 unspecified atom stereocenters. The first kappa shape index (κ1) is 15.6. The number of hydrazine groups is 1. The molecule has 2 aromatic rings. The highest BCUT2D eigenvalue weighted by Gasteiger charge is 2.34. The molecule has 1 saturated heterocycles. The molecule has 1 heterocycles. The van der Waals surface area contributed by atoms with Gasteiger partial charge in [0.25, 0.3) is 11.8 Å². The number of amides is 2. The standard InChI is InChI=1S/C19H16N2O3/c1-2-12-24-17-11-7-6-8-14(17)13-16-18(22)20-21(19(16)23)15-9-4-3-5-10-15/h2-11,13H,1,12H2,(H,20,22)/b16-13-. The van der Waals surface area contributed by atoms with Gasteiger partial charge in [0.15, 0.2) is 0 Å². The van der Waals surface area contributed by atoms with E-state index in [1.807, 2.05) is 18.2 Å². The van der Waals surface area contributed by atoms with Crippen LogP contribution in [0.4, 0.5) is 5.69 Å². The molecule has 2 amide bonds. The number of ether oxygens (including phenoxy) is 1. The minimum Gasteiger partial charge on any atom is -0.489 e. The van der Waals surface area contributed by atoms with E-state index in [4.69, 9.17) is 4.74 Å². The number of nitrogens with zero attached hydrogens (tertiary/aromatic N) is 1. The number of hydrogen-bond acceptors (Lipinski definition) is 3. The summed E-state index contributed by atoms with van der Waals surface area (Å²) >= 11 is 0. The lowest BCUT2D eigenvalue weighted by Crippen LogP contribution is -2.35. The Hall–Kier alpha value is -3.34. The Bertz CT molecular complexity index is 812. The molecular formula is C19H16N2O3. The monoisotopic (exact) mass is 320 g/mol. The molecule has 0 bridgehead atoms. The highest BCUT2D eigenvalue weighted by Crippen LogP contribution is 2.25. The third-order valence-electron chi connectivity index (χ3n) is 3.48. The Morgan fingerprint density at radius 1 is 1.04 bits per heavy atom. The van der Waals surface area contributed by atoms with Gasteiger partial charge < -0.3 is 4.74 Å². The highest BCUT2D eigenvalue weighted by molar-refractivity contribution is 6.31. The predicted molar refractivity (Wildman–Crippen MR) is 92.2 cm³/mol. The zero-order valence-corrected chi connectivity index (χ0v) is 12.9. The number of anilines is 1. The Morgan fingerprint density at radius 2 is 1.75 bits per heavy atom. The summed E-state index contributed by atoms with van der Waals surface area (Å²) in [5.74, 6) is -0.254. The molecule has 24 heavy (non-hydrogen) atoms. The molecule has 1 aliphatic heterocycles. The number of rotatable bonds is 5. The zero-order chi connectivity index (χ0) is 16.9. The molecule has 2 aromatic carbocycles. The fraction of sp³-hybridized carbons (Fsp3) is 0.0526. The number of benzene rings is 2. The third-order valence-corrected chi connectivity index (χ3v) is 3.48. The number of carbonyl (C=O) groups is 2. The van der Waals surface area contributed by atoms with E-state index < -0.39 is 11.8 Å². The van der Waals surface area contributed by atoms with Gasteiger partial charge in [-0.25, -0.2) is 5.01 Å². The lowest BCUT2D eigenvalue weighted by Gasteiger charge is -2.13. The molecule has 5 nitrogen and oxygen atoms in total. The van der Waals surface area contributed by atoms with Gasteiger partial charge in [0.05, 0.1) is 5.69 Å². The summed E-state index contributed by atoms with van der Waals surface area (Å²) in [5.41, 5.74) is 3.90. The van der Waals surface area contributed by atoms with E-state index in [9.17, 15) is 9.59 Å². The molecule has 5 heteroatoms. The summed E-state index contributed by atoms with van der Waals surface area (Å²) in [6, 6.07) is 16.2. The van der Waals surface area contributed by atoms with E-state index in [1.54, 1.807) is 48.6 Å². The van der Waals surface area contributed by atoms with Crippen molar-refractivity contribution in [1.29, 1.82) is 0 Å². The second-order valence-electron chi connectivity index (χ2n) is 5.11. The molecule has 1 aliphatic rings. The van der Waals surface area contributed by atoms with E-state index in [0.717, 1.165) is 0 Å². The Kier molecular flexibility index (Phi) is 4.43. The van der Waals surface area contributed by atoms with Crippen molar-refractivity contribution < 1.29 is 14.3 Å². The molecule has 1 fully saturated rings. The van der Waals surface area contributed by atoms with Gasteiger partial charge in [0, 0.05) is 5.56 Å². The maximum Gasteiger partial charge on any atom is 0.282 e. The van der Waals surface area contributed by atoms with Crippen molar-refractivity contribution in [2.24, 2.45) is 0 Å². The summed E-state index contributed by atoms with van der Waals surface area (Å²) < 4.78 is 5.56. The number of carbonyl (C=O) groups excluding carboxylic acids is 2. The first-order valence-electron chi connectivity index (χ1n) is 7.45. The van der Waals surface area contributed by atoms with Gasteiger partial charge in [0.1, 0.15) is 17.9 Å². The Labute approximate surface area is 139 Å². The van der Waals surface area contributed by atoms with Crippen LogP contribution in [-0.2, 0) is 9.59 Å². The third kappa shape index (κ3) is 3.05.